The van der Waals surface area contributed by atoms with Crippen molar-refractivity contribution >= 4 is 17.7 Å². The van der Waals surface area contributed by atoms with E-state index in [2.05, 4.69) is 16.2 Å². The van der Waals surface area contributed by atoms with Crippen molar-refractivity contribution in [2.45, 2.75) is 44.6 Å². The van der Waals surface area contributed by atoms with Crippen LogP contribution in [0.1, 0.15) is 44.1 Å². The van der Waals surface area contributed by atoms with Gasteiger partial charge in [-0.2, -0.15) is 0 Å². The second-order valence-corrected chi connectivity index (χ2v) is 5.44. The number of amides is 3. The van der Waals surface area contributed by atoms with Gasteiger partial charge in [0, 0.05) is 6.04 Å². The lowest BCUT2D eigenvalue weighted by Crippen LogP contribution is -2.50. The van der Waals surface area contributed by atoms with E-state index in [-0.39, 0.29) is 17.9 Å². The molecule has 0 saturated heterocycles. The van der Waals surface area contributed by atoms with Gasteiger partial charge in [0.05, 0.1) is 5.92 Å². The molecule has 1 atom stereocenters. The first-order valence-corrected chi connectivity index (χ1v) is 7.57. The molecule has 0 spiro atoms. The number of benzene rings is 1. The topological polar surface area (TPSA) is 87.3 Å². The molecule has 1 aliphatic rings. The Morgan fingerprint density at radius 3 is 2.36 bits per heavy atom. The monoisotopic (exact) mass is 303 g/mol. The van der Waals surface area contributed by atoms with Crippen LogP contribution in [-0.4, -0.2) is 23.8 Å². The van der Waals surface area contributed by atoms with Gasteiger partial charge in [0.2, 0.25) is 5.91 Å². The van der Waals surface area contributed by atoms with Crippen molar-refractivity contribution in [2.75, 3.05) is 0 Å². The second kappa shape index (κ2) is 7.59. The molecule has 3 N–H and O–H groups in total. The van der Waals surface area contributed by atoms with Gasteiger partial charge in [0.25, 0.3) is 0 Å². The van der Waals surface area contributed by atoms with Crippen LogP contribution in [0.4, 0.5) is 0 Å². The van der Waals surface area contributed by atoms with Crippen LogP contribution in [0, 0.1) is 0 Å². The summed E-state index contributed by atoms with van der Waals surface area (Å²) >= 11 is 0. The predicted octanol–water partition coefficient (Wildman–Crippen LogP) is 0.996. The smallest absolute Gasteiger partial charge is 0.327 e. The zero-order chi connectivity index (χ0) is 15.9. The van der Waals surface area contributed by atoms with E-state index in [0.717, 1.165) is 24.8 Å². The highest BCUT2D eigenvalue weighted by molar-refractivity contribution is 6.35. The standard InChI is InChI=1S/C16H21N3O3/c1-2-6-13(11-7-4-3-5-8-11)14(20)18-19-16(22)15(21)17-12-9-10-12/h3-5,7-8,12-13H,2,6,9-10H2,1H3,(H,17,21)(H,18,20)(H,19,22)/t13-/m1/s1. The van der Waals surface area contributed by atoms with E-state index in [0.29, 0.717) is 6.42 Å². The van der Waals surface area contributed by atoms with Gasteiger partial charge >= 0.3 is 11.8 Å². The predicted molar refractivity (Wildman–Crippen MR) is 81.5 cm³/mol. The Morgan fingerprint density at radius 2 is 1.77 bits per heavy atom. The number of nitrogens with one attached hydrogen (secondary N) is 3. The Morgan fingerprint density at radius 1 is 1.09 bits per heavy atom. The molecule has 3 amide bonds. The van der Waals surface area contributed by atoms with Crippen molar-refractivity contribution < 1.29 is 14.4 Å². The van der Waals surface area contributed by atoms with E-state index in [1.165, 1.54) is 0 Å². The highest BCUT2D eigenvalue weighted by Crippen LogP contribution is 2.21. The van der Waals surface area contributed by atoms with Crippen LogP contribution in [0.15, 0.2) is 30.3 Å². The lowest BCUT2D eigenvalue weighted by atomic mass is 9.94. The number of hydrogen-bond acceptors (Lipinski definition) is 3. The van der Waals surface area contributed by atoms with Gasteiger partial charge in [0.15, 0.2) is 0 Å². The molecule has 1 saturated carbocycles. The van der Waals surface area contributed by atoms with Crippen molar-refractivity contribution in [1.82, 2.24) is 16.2 Å². The largest absolute Gasteiger partial charge is 0.345 e. The van der Waals surface area contributed by atoms with Crippen LogP contribution in [0.5, 0.6) is 0 Å². The normalized spacial score (nSPS) is 14.8. The molecule has 118 valence electrons. The molecule has 22 heavy (non-hydrogen) atoms. The van der Waals surface area contributed by atoms with Crippen LogP contribution in [0.25, 0.3) is 0 Å². The molecule has 0 bridgehead atoms. The van der Waals surface area contributed by atoms with Crippen molar-refractivity contribution in [2.24, 2.45) is 0 Å². The van der Waals surface area contributed by atoms with Gasteiger partial charge in [-0.05, 0) is 24.8 Å². The SMILES string of the molecule is CCC[C@@H](C(=O)NNC(=O)C(=O)NC1CC1)c1ccccc1. The molecule has 2 rings (SSSR count). The number of carbonyl (C=O) groups excluding carboxylic acids is 3. The molecular weight excluding hydrogens is 282 g/mol. The van der Waals surface area contributed by atoms with Gasteiger partial charge in [0.1, 0.15) is 0 Å². The lowest BCUT2D eigenvalue weighted by molar-refractivity contribution is -0.141. The third kappa shape index (κ3) is 4.58. The fourth-order valence-electron chi connectivity index (χ4n) is 2.16. The first-order chi connectivity index (χ1) is 10.6. The summed E-state index contributed by atoms with van der Waals surface area (Å²) in [6.45, 7) is 1.99. The fraction of sp³-hybridized carbons (Fsp3) is 0.438. The molecule has 1 aromatic carbocycles. The molecule has 1 aliphatic carbocycles. The van der Waals surface area contributed by atoms with Gasteiger partial charge in [-0.25, -0.2) is 0 Å². The minimum atomic E-state index is -0.844. The third-order valence-corrected chi connectivity index (χ3v) is 3.51. The summed E-state index contributed by atoms with van der Waals surface area (Å²) in [5.41, 5.74) is 5.40. The maximum absolute atomic E-state index is 12.2. The van der Waals surface area contributed by atoms with Crippen LogP contribution in [0.2, 0.25) is 0 Å². The van der Waals surface area contributed by atoms with E-state index in [9.17, 15) is 14.4 Å². The Bertz CT molecular complexity index is 541. The maximum atomic E-state index is 12.2. The third-order valence-electron chi connectivity index (χ3n) is 3.51. The van der Waals surface area contributed by atoms with Crippen LogP contribution >= 0.6 is 0 Å². The first-order valence-electron chi connectivity index (χ1n) is 7.57. The van der Waals surface area contributed by atoms with Gasteiger partial charge in [-0.1, -0.05) is 43.7 Å². The summed E-state index contributed by atoms with van der Waals surface area (Å²) in [4.78, 5) is 35.3. The minimum absolute atomic E-state index is 0.103. The number of hydrogen-bond donors (Lipinski definition) is 3. The maximum Gasteiger partial charge on any atom is 0.327 e. The molecule has 1 fully saturated rings. The Balaban J connectivity index is 1.88. The summed E-state index contributed by atoms with van der Waals surface area (Å²) in [6.07, 6.45) is 3.30. The van der Waals surface area contributed by atoms with Crippen molar-refractivity contribution in [3.05, 3.63) is 35.9 Å². The minimum Gasteiger partial charge on any atom is -0.345 e. The van der Waals surface area contributed by atoms with E-state index in [4.69, 9.17) is 0 Å². The van der Waals surface area contributed by atoms with E-state index in [1.54, 1.807) is 0 Å². The highest BCUT2D eigenvalue weighted by Gasteiger charge is 2.27. The Hall–Kier alpha value is -2.37. The number of carbonyl (C=O) groups is 3. The summed E-state index contributed by atoms with van der Waals surface area (Å²) in [5, 5.41) is 2.56. The summed E-state index contributed by atoms with van der Waals surface area (Å²) in [5.74, 6) is -2.23. The summed E-state index contributed by atoms with van der Waals surface area (Å²) in [7, 11) is 0. The van der Waals surface area contributed by atoms with Crippen LogP contribution in [0.3, 0.4) is 0 Å². The number of hydrazine groups is 1. The second-order valence-electron chi connectivity index (χ2n) is 5.44. The van der Waals surface area contributed by atoms with E-state index < -0.39 is 11.8 Å². The molecule has 0 radical (unpaired) electrons. The zero-order valence-corrected chi connectivity index (χ0v) is 12.6. The van der Waals surface area contributed by atoms with Crippen molar-refractivity contribution in [3.63, 3.8) is 0 Å². The van der Waals surface area contributed by atoms with Gasteiger partial charge in [-0.15, -0.1) is 0 Å². The Labute approximate surface area is 129 Å². The first kappa shape index (κ1) is 16.0. The Kier molecular flexibility index (Phi) is 5.52. The summed E-state index contributed by atoms with van der Waals surface area (Å²) < 4.78 is 0. The van der Waals surface area contributed by atoms with Gasteiger partial charge < -0.3 is 5.32 Å². The molecular formula is C16H21N3O3. The van der Waals surface area contributed by atoms with Crippen LogP contribution in [-0.2, 0) is 14.4 Å². The molecule has 0 unspecified atom stereocenters. The molecule has 6 nitrogen and oxygen atoms in total. The molecule has 0 aliphatic heterocycles. The fourth-order valence-corrected chi connectivity index (χ4v) is 2.16. The molecule has 1 aromatic rings. The van der Waals surface area contributed by atoms with E-state index >= 15 is 0 Å². The molecule has 0 heterocycles. The summed E-state index contributed by atoms with van der Waals surface area (Å²) in [6, 6.07) is 9.48. The quantitative estimate of drug-likeness (QED) is 0.560. The van der Waals surface area contributed by atoms with Crippen molar-refractivity contribution in [3.8, 4) is 0 Å². The number of rotatable bonds is 5. The lowest BCUT2D eigenvalue weighted by Gasteiger charge is -2.16. The molecule has 0 aromatic heterocycles. The highest BCUT2D eigenvalue weighted by atomic mass is 16.2. The average molecular weight is 303 g/mol. The van der Waals surface area contributed by atoms with Gasteiger partial charge in [-0.3, -0.25) is 25.2 Å². The van der Waals surface area contributed by atoms with Crippen LogP contribution < -0.4 is 16.2 Å². The van der Waals surface area contributed by atoms with E-state index in [1.807, 2.05) is 37.3 Å². The van der Waals surface area contributed by atoms with Crippen molar-refractivity contribution in [1.29, 1.82) is 0 Å². The molecule has 6 heteroatoms. The average Bonchev–Trinajstić information content (AvgIpc) is 3.34. The zero-order valence-electron chi connectivity index (χ0n) is 12.6.